The van der Waals surface area contributed by atoms with Crippen LogP contribution in [-0.2, 0) is 13.2 Å². The molecular formula is C21H18Cl2N2O3. The third-order valence-electron chi connectivity index (χ3n) is 3.98. The maximum absolute atomic E-state index is 12.0. The summed E-state index contributed by atoms with van der Waals surface area (Å²) in [4.78, 5) is 12.0. The largest absolute Gasteiger partial charge is 0.489 e. The fraction of sp³-hybridized carbons (Fsp3) is 0.0952. The molecule has 3 aromatic rings. The highest BCUT2D eigenvalue weighted by molar-refractivity contribution is 6.31. The van der Waals surface area contributed by atoms with Gasteiger partial charge in [0.2, 0.25) is 0 Å². The highest BCUT2D eigenvalue weighted by atomic mass is 35.5. The van der Waals surface area contributed by atoms with Gasteiger partial charge in [-0.1, -0.05) is 59.6 Å². The third-order valence-corrected chi connectivity index (χ3v) is 4.72. The molecule has 3 aromatic carbocycles. The first-order valence-electron chi connectivity index (χ1n) is 8.45. The maximum atomic E-state index is 12.0. The molecule has 0 heterocycles. The van der Waals surface area contributed by atoms with Gasteiger partial charge in [-0.25, -0.2) is 5.84 Å². The first-order valence-corrected chi connectivity index (χ1v) is 9.21. The number of hydrazine groups is 1. The van der Waals surface area contributed by atoms with E-state index in [-0.39, 0.29) is 13.2 Å². The standard InChI is InChI=1S/C21H18Cl2N2O3/c22-19-7-3-1-5-14(19)12-27-17-9-16(21(26)25-24)10-18(11-17)28-13-15-6-2-4-8-20(15)23/h1-11H,12-13,24H2,(H,25,26). The number of nitrogen functional groups attached to an aromatic ring is 1. The molecule has 0 aliphatic rings. The normalized spacial score (nSPS) is 10.4. The van der Waals surface area contributed by atoms with E-state index in [9.17, 15) is 4.79 Å². The lowest BCUT2D eigenvalue weighted by atomic mass is 10.2. The lowest BCUT2D eigenvalue weighted by Gasteiger charge is -2.13. The lowest BCUT2D eigenvalue weighted by Crippen LogP contribution is -2.30. The second-order valence-electron chi connectivity index (χ2n) is 5.93. The number of carbonyl (C=O) groups is 1. The van der Waals surface area contributed by atoms with Crippen LogP contribution in [-0.4, -0.2) is 5.91 Å². The van der Waals surface area contributed by atoms with Gasteiger partial charge in [-0.3, -0.25) is 10.2 Å². The Hall–Kier alpha value is -2.73. The predicted octanol–water partition coefficient (Wildman–Crippen LogP) is 4.75. The van der Waals surface area contributed by atoms with E-state index >= 15 is 0 Å². The Morgan fingerprint density at radius 1 is 0.821 bits per heavy atom. The molecule has 0 aliphatic heterocycles. The van der Waals surface area contributed by atoms with Gasteiger partial charge in [-0.05, 0) is 24.3 Å². The zero-order valence-corrected chi connectivity index (χ0v) is 16.3. The van der Waals surface area contributed by atoms with Crippen LogP contribution in [0.4, 0.5) is 0 Å². The van der Waals surface area contributed by atoms with Crippen molar-refractivity contribution in [1.82, 2.24) is 5.43 Å². The summed E-state index contributed by atoms with van der Waals surface area (Å²) < 4.78 is 11.6. The molecular weight excluding hydrogens is 399 g/mol. The number of benzene rings is 3. The Morgan fingerprint density at radius 2 is 1.29 bits per heavy atom. The van der Waals surface area contributed by atoms with Gasteiger partial charge in [0.15, 0.2) is 0 Å². The highest BCUT2D eigenvalue weighted by Gasteiger charge is 2.11. The summed E-state index contributed by atoms with van der Waals surface area (Å²) >= 11 is 12.3. The zero-order valence-electron chi connectivity index (χ0n) is 14.8. The molecule has 3 N–H and O–H groups in total. The van der Waals surface area contributed by atoms with E-state index < -0.39 is 5.91 Å². The number of hydrogen-bond donors (Lipinski definition) is 2. The number of halogens is 2. The molecule has 5 nitrogen and oxygen atoms in total. The number of nitrogens with one attached hydrogen (secondary N) is 1. The van der Waals surface area contributed by atoms with Crippen molar-refractivity contribution in [3.05, 3.63) is 93.5 Å². The first kappa shape index (κ1) is 20.0. The molecule has 0 aliphatic carbocycles. The van der Waals surface area contributed by atoms with Crippen molar-refractivity contribution in [1.29, 1.82) is 0 Å². The van der Waals surface area contributed by atoms with Crippen LogP contribution in [0.5, 0.6) is 11.5 Å². The Balaban J connectivity index is 1.79. The van der Waals surface area contributed by atoms with E-state index in [0.717, 1.165) is 11.1 Å². The van der Waals surface area contributed by atoms with E-state index in [1.807, 2.05) is 36.4 Å². The van der Waals surface area contributed by atoms with Gasteiger partial charge in [0.1, 0.15) is 24.7 Å². The van der Waals surface area contributed by atoms with Crippen LogP contribution in [0.15, 0.2) is 66.7 Å². The molecule has 144 valence electrons. The van der Waals surface area contributed by atoms with Crippen molar-refractivity contribution in [2.75, 3.05) is 0 Å². The summed E-state index contributed by atoms with van der Waals surface area (Å²) in [5, 5.41) is 1.21. The summed E-state index contributed by atoms with van der Waals surface area (Å²) in [6.07, 6.45) is 0. The fourth-order valence-electron chi connectivity index (χ4n) is 2.51. The number of hydrogen-bond acceptors (Lipinski definition) is 4. The molecule has 3 rings (SSSR count). The van der Waals surface area contributed by atoms with Crippen LogP contribution in [0.2, 0.25) is 10.0 Å². The number of ether oxygens (including phenoxy) is 2. The quantitative estimate of drug-likeness (QED) is 0.331. The third kappa shape index (κ3) is 5.16. The Morgan fingerprint density at radius 3 is 1.71 bits per heavy atom. The van der Waals surface area contributed by atoms with Gasteiger partial charge in [0, 0.05) is 32.8 Å². The van der Waals surface area contributed by atoms with Crippen molar-refractivity contribution in [2.24, 2.45) is 5.84 Å². The molecule has 0 fully saturated rings. The van der Waals surface area contributed by atoms with E-state index in [4.69, 9.17) is 38.5 Å². The van der Waals surface area contributed by atoms with Gasteiger partial charge in [-0.15, -0.1) is 0 Å². The molecule has 0 radical (unpaired) electrons. The topological polar surface area (TPSA) is 73.6 Å². The Labute approximate surface area is 172 Å². The highest BCUT2D eigenvalue weighted by Crippen LogP contribution is 2.26. The van der Waals surface area contributed by atoms with E-state index in [1.54, 1.807) is 30.3 Å². The summed E-state index contributed by atoms with van der Waals surface area (Å²) in [5.41, 5.74) is 4.08. The number of rotatable bonds is 7. The summed E-state index contributed by atoms with van der Waals surface area (Å²) in [5.74, 6) is 5.71. The smallest absolute Gasteiger partial charge is 0.265 e. The Bertz CT molecular complexity index is 912. The molecule has 0 saturated carbocycles. The van der Waals surface area contributed by atoms with Gasteiger partial charge >= 0.3 is 0 Å². The SMILES string of the molecule is NNC(=O)c1cc(OCc2ccccc2Cl)cc(OCc2ccccc2Cl)c1. The number of amides is 1. The molecule has 0 atom stereocenters. The first-order chi connectivity index (χ1) is 13.6. The van der Waals surface area contributed by atoms with Crippen molar-refractivity contribution < 1.29 is 14.3 Å². The minimum absolute atomic E-state index is 0.247. The van der Waals surface area contributed by atoms with Crippen LogP contribution in [0.1, 0.15) is 21.5 Å². The summed E-state index contributed by atoms with van der Waals surface area (Å²) in [7, 11) is 0. The summed E-state index contributed by atoms with van der Waals surface area (Å²) in [6.45, 7) is 0.495. The number of carbonyl (C=O) groups excluding carboxylic acids is 1. The van der Waals surface area contributed by atoms with Gasteiger partial charge in [-0.2, -0.15) is 0 Å². The zero-order chi connectivity index (χ0) is 19.9. The Kier molecular flexibility index (Phi) is 6.76. The van der Waals surface area contributed by atoms with Crippen LogP contribution >= 0.6 is 23.2 Å². The minimum atomic E-state index is -0.453. The monoisotopic (exact) mass is 416 g/mol. The van der Waals surface area contributed by atoms with Gasteiger partial charge in [0.25, 0.3) is 5.91 Å². The number of nitrogens with two attached hydrogens (primary N) is 1. The van der Waals surface area contributed by atoms with Gasteiger partial charge < -0.3 is 9.47 Å². The minimum Gasteiger partial charge on any atom is -0.489 e. The molecule has 0 bridgehead atoms. The fourth-order valence-corrected chi connectivity index (χ4v) is 2.89. The van der Waals surface area contributed by atoms with E-state index in [1.165, 1.54) is 0 Å². The maximum Gasteiger partial charge on any atom is 0.265 e. The van der Waals surface area contributed by atoms with Gasteiger partial charge in [0.05, 0.1) is 0 Å². The molecule has 1 amide bonds. The lowest BCUT2D eigenvalue weighted by molar-refractivity contribution is 0.0952. The van der Waals surface area contributed by atoms with Crippen molar-refractivity contribution >= 4 is 29.1 Å². The summed E-state index contributed by atoms with van der Waals surface area (Å²) in [6, 6.07) is 19.6. The van der Waals surface area contributed by atoms with Crippen molar-refractivity contribution in [3.8, 4) is 11.5 Å². The van der Waals surface area contributed by atoms with Crippen LogP contribution in [0, 0.1) is 0 Å². The average Bonchev–Trinajstić information content (AvgIpc) is 2.72. The predicted molar refractivity (Wildman–Crippen MR) is 110 cm³/mol. The van der Waals surface area contributed by atoms with E-state index in [2.05, 4.69) is 5.43 Å². The van der Waals surface area contributed by atoms with Crippen LogP contribution in [0.25, 0.3) is 0 Å². The van der Waals surface area contributed by atoms with Crippen molar-refractivity contribution in [2.45, 2.75) is 13.2 Å². The van der Waals surface area contributed by atoms with Crippen molar-refractivity contribution in [3.63, 3.8) is 0 Å². The molecule has 0 spiro atoms. The molecule has 0 aromatic heterocycles. The average molecular weight is 417 g/mol. The van der Waals surface area contributed by atoms with Crippen LogP contribution in [0.3, 0.4) is 0 Å². The molecule has 0 unspecified atom stereocenters. The molecule has 28 heavy (non-hydrogen) atoms. The van der Waals surface area contributed by atoms with E-state index in [0.29, 0.717) is 27.1 Å². The molecule has 7 heteroatoms. The van der Waals surface area contributed by atoms with Crippen LogP contribution < -0.4 is 20.7 Å². The second kappa shape index (κ2) is 9.46. The second-order valence-corrected chi connectivity index (χ2v) is 6.74. The molecule has 0 saturated heterocycles.